The summed E-state index contributed by atoms with van der Waals surface area (Å²) in [6, 6.07) is 5.00. The van der Waals surface area contributed by atoms with Crippen molar-refractivity contribution < 1.29 is 23.5 Å². The van der Waals surface area contributed by atoms with E-state index in [1.54, 1.807) is 24.0 Å². The van der Waals surface area contributed by atoms with Crippen LogP contribution in [0.2, 0.25) is 0 Å². The summed E-state index contributed by atoms with van der Waals surface area (Å²) in [6.07, 6.45) is 5.34. The quantitative estimate of drug-likeness (QED) is 0.579. The Morgan fingerprint density at radius 3 is 2.34 bits per heavy atom. The topological polar surface area (TPSA) is 108 Å². The van der Waals surface area contributed by atoms with E-state index in [4.69, 9.17) is 10.5 Å². The molecule has 0 saturated carbocycles. The van der Waals surface area contributed by atoms with Crippen LogP contribution < -0.4 is 16.0 Å². The number of likely N-dealkylation sites (tertiary alicyclic amines) is 1. The van der Waals surface area contributed by atoms with Crippen LogP contribution in [-0.2, 0) is 14.9 Å². The van der Waals surface area contributed by atoms with Gasteiger partial charge >= 0.3 is 12.1 Å². The highest BCUT2D eigenvalue weighted by molar-refractivity contribution is 6.02. The molecule has 206 valence electrons. The summed E-state index contributed by atoms with van der Waals surface area (Å²) in [4.78, 5) is 43.9. The lowest BCUT2D eigenvalue weighted by Gasteiger charge is -2.47. The number of hydrogen-bond acceptors (Lipinski definition) is 6. The highest BCUT2D eigenvalue weighted by Crippen LogP contribution is 2.48. The predicted octanol–water partition coefficient (Wildman–Crippen LogP) is 3.62. The molecule has 4 aliphatic heterocycles. The Bertz CT molecular complexity index is 1140. The third-order valence-corrected chi connectivity index (χ3v) is 8.96. The molecule has 2 atom stereocenters. The Kier molecular flexibility index (Phi) is 7.11. The monoisotopic (exact) mass is 527 g/mol. The van der Waals surface area contributed by atoms with E-state index in [0.29, 0.717) is 24.9 Å². The Labute approximate surface area is 223 Å². The zero-order valence-electron chi connectivity index (χ0n) is 22.5. The van der Waals surface area contributed by atoms with Crippen molar-refractivity contribution in [2.24, 2.45) is 5.73 Å². The van der Waals surface area contributed by atoms with Gasteiger partial charge < -0.3 is 25.6 Å². The zero-order chi connectivity index (χ0) is 27.2. The lowest BCUT2D eigenvalue weighted by molar-refractivity contribution is -0.113. The van der Waals surface area contributed by atoms with E-state index in [2.05, 4.69) is 10.2 Å². The average molecular weight is 528 g/mol. The Hall–Kier alpha value is -3.14. The first kappa shape index (κ1) is 26.5. The molecule has 1 aromatic rings. The molecule has 4 aliphatic rings. The van der Waals surface area contributed by atoms with Gasteiger partial charge in [0.05, 0.1) is 6.61 Å². The number of nitrogens with zero attached hydrogens (tertiary/aromatic N) is 3. The molecule has 0 radical (unpaired) electrons. The van der Waals surface area contributed by atoms with Crippen molar-refractivity contribution in [3.8, 4) is 0 Å². The van der Waals surface area contributed by atoms with Crippen LogP contribution in [0.1, 0.15) is 64.9 Å². The molecule has 2 bridgehead atoms. The number of carbonyl (C=O) groups excluding carboxylic acids is 3. The number of hydrogen-bond donors (Lipinski definition) is 2. The molecule has 1 aromatic carbocycles. The maximum atomic E-state index is 14.4. The van der Waals surface area contributed by atoms with Crippen LogP contribution in [0.25, 0.3) is 0 Å². The fourth-order valence-electron chi connectivity index (χ4n) is 7.15. The Balaban J connectivity index is 1.30. The number of ether oxygens (including phenoxy) is 1. The summed E-state index contributed by atoms with van der Waals surface area (Å²) in [6.45, 7) is 7.27. The van der Waals surface area contributed by atoms with Crippen LogP contribution in [-0.4, -0.2) is 72.1 Å². The lowest BCUT2D eigenvalue weighted by Crippen LogP contribution is -2.55. The molecule has 38 heavy (non-hydrogen) atoms. The summed E-state index contributed by atoms with van der Waals surface area (Å²) in [5, 5.41) is 2.68. The number of nitrogens with one attached hydrogen (secondary N) is 1. The molecule has 1 spiro atoms. The third kappa shape index (κ3) is 4.63. The number of urea groups is 1. The second kappa shape index (κ2) is 10.2. The van der Waals surface area contributed by atoms with Gasteiger partial charge in [0.25, 0.3) is 0 Å². The van der Waals surface area contributed by atoms with Gasteiger partial charge in [-0.2, -0.15) is 0 Å². The fourth-order valence-corrected chi connectivity index (χ4v) is 7.15. The summed E-state index contributed by atoms with van der Waals surface area (Å²) in [7, 11) is 0. The number of carbonyl (C=O) groups is 3. The van der Waals surface area contributed by atoms with Gasteiger partial charge in [-0.1, -0.05) is 0 Å². The van der Waals surface area contributed by atoms with Crippen molar-refractivity contribution in [1.29, 1.82) is 0 Å². The van der Waals surface area contributed by atoms with Gasteiger partial charge in [-0.15, -0.1) is 0 Å². The fraction of sp³-hybridized carbons (Fsp3) is 0.607. The molecule has 9 nitrogen and oxygen atoms in total. The number of amides is 3. The minimum absolute atomic E-state index is 0.0817. The lowest BCUT2D eigenvalue weighted by atomic mass is 9.73. The number of rotatable bonds is 4. The summed E-state index contributed by atoms with van der Waals surface area (Å²) < 4.78 is 19.7. The average Bonchev–Trinajstić information content (AvgIpc) is 3.33. The van der Waals surface area contributed by atoms with E-state index in [1.807, 2.05) is 11.8 Å². The second-order valence-corrected chi connectivity index (χ2v) is 11.2. The van der Waals surface area contributed by atoms with Crippen molar-refractivity contribution in [1.82, 2.24) is 15.1 Å². The molecular weight excluding hydrogens is 489 g/mol. The number of nitrogens with two attached hydrogens (primary N) is 1. The molecule has 4 heterocycles. The molecular formula is C28H38FN5O4. The third-order valence-electron chi connectivity index (χ3n) is 8.96. The summed E-state index contributed by atoms with van der Waals surface area (Å²) in [5.74, 6) is -0.638. The van der Waals surface area contributed by atoms with E-state index in [9.17, 15) is 18.8 Å². The van der Waals surface area contributed by atoms with Crippen molar-refractivity contribution >= 4 is 23.6 Å². The number of fused-ring (bicyclic) bond motifs is 4. The molecule has 0 aromatic heterocycles. The molecule has 3 fully saturated rings. The largest absolute Gasteiger partial charge is 0.450 e. The van der Waals surface area contributed by atoms with Gasteiger partial charge in [0, 0.05) is 48.4 Å². The van der Waals surface area contributed by atoms with E-state index in [0.717, 1.165) is 57.2 Å². The number of piperidine rings is 2. The van der Waals surface area contributed by atoms with Gasteiger partial charge in [-0.25, -0.2) is 14.0 Å². The number of allylic oxidation sites excluding steroid dienone is 2. The summed E-state index contributed by atoms with van der Waals surface area (Å²) in [5.41, 5.74) is 7.33. The van der Waals surface area contributed by atoms with Crippen LogP contribution in [0.4, 0.5) is 19.7 Å². The Morgan fingerprint density at radius 2 is 1.76 bits per heavy atom. The van der Waals surface area contributed by atoms with Crippen LogP contribution in [0.5, 0.6) is 0 Å². The van der Waals surface area contributed by atoms with Crippen LogP contribution >= 0.6 is 0 Å². The standard InChI is InChI=1S/C28H38FN5O4/c1-4-38-27(37)34-20-6-7-21(34)15-22(14-20)32-11-9-28(10-12-32)16-33(24-8-5-19(29)13-23(24)28)26(36)31-25(17(2)30)18(3)35/h5,8,13,20-22H,4,6-7,9-12,14-16,30H2,1-3H3,(H,31,36). The molecule has 0 aliphatic carbocycles. The maximum Gasteiger partial charge on any atom is 0.410 e. The number of benzene rings is 1. The smallest absolute Gasteiger partial charge is 0.410 e. The molecule has 3 N–H and O–H groups in total. The first-order valence-electron chi connectivity index (χ1n) is 13.7. The molecule has 3 amide bonds. The summed E-state index contributed by atoms with van der Waals surface area (Å²) >= 11 is 0. The maximum absolute atomic E-state index is 14.4. The number of Topliss-reactive ketones (excluding diaryl/α,β-unsaturated/α-hetero) is 1. The minimum atomic E-state index is -0.435. The van der Waals surface area contributed by atoms with E-state index in [1.165, 1.54) is 13.0 Å². The highest BCUT2D eigenvalue weighted by Gasteiger charge is 2.50. The van der Waals surface area contributed by atoms with Crippen molar-refractivity contribution in [3.63, 3.8) is 0 Å². The Morgan fingerprint density at radius 1 is 1.11 bits per heavy atom. The van der Waals surface area contributed by atoms with E-state index in [-0.39, 0.29) is 46.6 Å². The molecule has 2 unspecified atom stereocenters. The number of anilines is 1. The minimum Gasteiger partial charge on any atom is -0.450 e. The van der Waals surface area contributed by atoms with Crippen LogP contribution in [0.15, 0.2) is 29.6 Å². The van der Waals surface area contributed by atoms with Gasteiger partial charge in [0.1, 0.15) is 11.5 Å². The zero-order valence-corrected chi connectivity index (χ0v) is 22.5. The van der Waals surface area contributed by atoms with Crippen molar-refractivity contribution in [2.45, 2.75) is 82.8 Å². The molecule has 3 saturated heterocycles. The van der Waals surface area contributed by atoms with E-state index < -0.39 is 6.03 Å². The first-order chi connectivity index (χ1) is 18.1. The SMILES string of the molecule is CCOC(=O)N1C2CCC1CC(N1CCC3(CC1)CN(C(=O)NC(C(C)=O)=C(C)N)c1ccc(F)cc13)C2. The number of ketones is 1. The highest BCUT2D eigenvalue weighted by atomic mass is 19.1. The van der Waals surface area contributed by atoms with Crippen LogP contribution in [0.3, 0.4) is 0 Å². The van der Waals surface area contributed by atoms with Gasteiger partial charge in [0.2, 0.25) is 0 Å². The van der Waals surface area contributed by atoms with E-state index >= 15 is 0 Å². The normalized spacial score (nSPS) is 26.7. The second-order valence-electron chi connectivity index (χ2n) is 11.2. The first-order valence-corrected chi connectivity index (χ1v) is 13.7. The van der Waals surface area contributed by atoms with Gasteiger partial charge in [0.15, 0.2) is 5.78 Å². The molecule has 5 rings (SSSR count). The van der Waals surface area contributed by atoms with Crippen molar-refractivity contribution in [2.75, 3.05) is 31.1 Å². The predicted molar refractivity (Wildman–Crippen MR) is 141 cm³/mol. The van der Waals surface area contributed by atoms with Crippen molar-refractivity contribution in [3.05, 3.63) is 41.0 Å². The number of halogens is 1. The van der Waals surface area contributed by atoms with Gasteiger partial charge in [-0.05, 0) is 89.2 Å². The van der Waals surface area contributed by atoms with Crippen LogP contribution in [0, 0.1) is 5.82 Å². The van der Waals surface area contributed by atoms with Gasteiger partial charge in [-0.3, -0.25) is 9.69 Å². The molecule has 10 heteroatoms.